The first-order valence-electron chi connectivity index (χ1n) is 10.1. The molecule has 2 aromatic carbocycles. The Bertz CT molecular complexity index is 1020. The molecule has 0 bridgehead atoms. The highest BCUT2D eigenvalue weighted by Gasteiger charge is 2.16. The lowest BCUT2D eigenvalue weighted by Crippen LogP contribution is -2.36. The van der Waals surface area contributed by atoms with Crippen LogP contribution in [0.4, 0.5) is 5.69 Å². The molecule has 4 rings (SSSR count). The molecule has 1 atom stereocenters. The van der Waals surface area contributed by atoms with Gasteiger partial charge in [-0.2, -0.15) is 0 Å². The summed E-state index contributed by atoms with van der Waals surface area (Å²) in [6.07, 6.45) is 0. The second-order valence-electron chi connectivity index (χ2n) is 7.72. The van der Waals surface area contributed by atoms with Crippen LogP contribution in [0.1, 0.15) is 40.1 Å². The molecule has 1 saturated heterocycles. The summed E-state index contributed by atoms with van der Waals surface area (Å²) < 4.78 is 5.42. The minimum absolute atomic E-state index is 0.0733. The molecule has 2 heterocycles. The molecular formula is C24H27N3O2. The fourth-order valence-corrected chi connectivity index (χ4v) is 3.81. The number of amides is 1. The van der Waals surface area contributed by atoms with Crippen molar-refractivity contribution in [3.8, 4) is 0 Å². The van der Waals surface area contributed by atoms with Gasteiger partial charge in [0.1, 0.15) is 0 Å². The first-order chi connectivity index (χ1) is 14.0. The number of carbonyl (C=O) groups excluding carboxylic acids is 1. The van der Waals surface area contributed by atoms with E-state index in [0.29, 0.717) is 5.56 Å². The maximum Gasteiger partial charge on any atom is 0.252 e. The van der Waals surface area contributed by atoms with Crippen molar-refractivity contribution in [2.24, 2.45) is 0 Å². The van der Waals surface area contributed by atoms with Gasteiger partial charge in [-0.1, -0.05) is 23.8 Å². The van der Waals surface area contributed by atoms with Crippen molar-refractivity contribution in [1.82, 2.24) is 10.3 Å². The van der Waals surface area contributed by atoms with Gasteiger partial charge in [-0.05, 0) is 56.7 Å². The molecule has 1 fully saturated rings. The van der Waals surface area contributed by atoms with E-state index >= 15 is 0 Å². The zero-order chi connectivity index (χ0) is 20.4. The van der Waals surface area contributed by atoms with Crippen LogP contribution in [0.25, 0.3) is 10.9 Å². The number of anilines is 1. The number of pyridine rings is 1. The molecule has 1 amide bonds. The fourth-order valence-electron chi connectivity index (χ4n) is 3.81. The number of nitrogens with one attached hydrogen (secondary N) is 1. The maximum absolute atomic E-state index is 13.1. The zero-order valence-electron chi connectivity index (χ0n) is 17.2. The number of ether oxygens (including phenoxy) is 1. The quantitative estimate of drug-likeness (QED) is 0.727. The Morgan fingerprint density at radius 1 is 1.07 bits per heavy atom. The molecule has 3 aromatic rings. The van der Waals surface area contributed by atoms with Crippen LogP contribution in [0.3, 0.4) is 0 Å². The molecule has 0 spiro atoms. The van der Waals surface area contributed by atoms with Gasteiger partial charge in [-0.3, -0.25) is 9.78 Å². The molecule has 5 nitrogen and oxygen atoms in total. The average Bonchev–Trinajstić information content (AvgIpc) is 2.74. The van der Waals surface area contributed by atoms with Gasteiger partial charge in [0.25, 0.3) is 5.91 Å². The summed E-state index contributed by atoms with van der Waals surface area (Å²) in [5, 5.41) is 4.04. The summed E-state index contributed by atoms with van der Waals surface area (Å²) in [6.45, 7) is 9.34. The molecular weight excluding hydrogens is 362 g/mol. The first-order valence-corrected chi connectivity index (χ1v) is 10.1. The van der Waals surface area contributed by atoms with Gasteiger partial charge >= 0.3 is 0 Å². The standard InChI is InChI=1S/C24H27N3O2/c1-16-4-9-23-21(14-16)22(15-17(2)25-23)24(28)26-18(3)19-5-7-20(8-6-19)27-10-12-29-13-11-27/h4-9,14-15,18H,10-13H2,1-3H3,(H,26,28). The third-order valence-corrected chi connectivity index (χ3v) is 5.45. The molecule has 29 heavy (non-hydrogen) atoms. The highest BCUT2D eigenvalue weighted by Crippen LogP contribution is 2.23. The lowest BCUT2D eigenvalue weighted by atomic mass is 10.0. The van der Waals surface area contributed by atoms with Crippen molar-refractivity contribution in [2.75, 3.05) is 31.2 Å². The average molecular weight is 389 g/mol. The van der Waals surface area contributed by atoms with Crippen LogP contribution < -0.4 is 10.2 Å². The molecule has 0 radical (unpaired) electrons. The predicted octanol–water partition coefficient (Wildman–Crippen LogP) is 4.18. The summed E-state index contributed by atoms with van der Waals surface area (Å²) >= 11 is 0. The zero-order valence-corrected chi connectivity index (χ0v) is 17.2. The molecule has 1 aliphatic heterocycles. The van der Waals surface area contributed by atoms with E-state index in [4.69, 9.17) is 4.74 Å². The lowest BCUT2D eigenvalue weighted by molar-refractivity contribution is 0.0941. The van der Waals surface area contributed by atoms with Crippen LogP contribution in [0.15, 0.2) is 48.5 Å². The minimum Gasteiger partial charge on any atom is -0.378 e. The number of carbonyl (C=O) groups is 1. The Balaban J connectivity index is 1.52. The van der Waals surface area contributed by atoms with Gasteiger partial charge in [-0.15, -0.1) is 0 Å². The number of morpholine rings is 1. The Labute approximate surface area is 171 Å². The lowest BCUT2D eigenvalue weighted by Gasteiger charge is -2.29. The SMILES string of the molecule is Cc1ccc2nc(C)cc(C(=O)NC(C)c3ccc(N4CCOCC4)cc3)c2c1. The van der Waals surface area contributed by atoms with E-state index in [2.05, 4.69) is 39.5 Å². The smallest absolute Gasteiger partial charge is 0.252 e. The number of fused-ring (bicyclic) bond motifs is 1. The van der Waals surface area contributed by atoms with Gasteiger partial charge < -0.3 is 15.0 Å². The minimum atomic E-state index is -0.0884. The molecule has 150 valence electrons. The van der Waals surface area contributed by atoms with Crippen molar-refractivity contribution in [1.29, 1.82) is 0 Å². The van der Waals surface area contributed by atoms with E-state index in [-0.39, 0.29) is 11.9 Å². The molecule has 1 N–H and O–H groups in total. The van der Waals surface area contributed by atoms with Crippen LogP contribution in [-0.2, 0) is 4.74 Å². The number of aromatic nitrogens is 1. The largest absolute Gasteiger partial charge is 0.378 e. The van der Waals surface area contributed by atoms with Gasteiger partial charge in [0, 0.05) is 29.9 Å². The predicted molar refractivity (Wildman–Crippen MR) is 117 cm³/mol. The van der Waals surface area contributed by atoms with E-state index in [1.165, 1.54) is 5.69 Å². The van der Waals surface area contributed by atoms with E-state index in [0.717, 1.165) is 54.0 Å². The van der Waals surface area contributed by atoms with Crippen LogP contribution in [0, 0.1) is 13.8 Å². The Kier molecular flexibility index (Phi) is 5.49. The monoisotopic (exact) mass is 389 g/mol. The van der Waals surface area contributed by atoms with Crippen LogP contribution in [0.5, 0.6) is 0 Å². The van der Waals surface area contributed by atoms with E-state index < -0.39 is 0 Å². The van der Waals surface area contributed by atoms with Crippen molar-refractivity contribution < 1.29 is 9.53 Å². The highest BCUT2D eigenvalue weighted by molar-refractivity contribution is 6.06. The summed E-state index contributed by atoms with van der Waals surface area (Å²) in [6, 6.07) is 16.2. The molecule has 0 saturated carbocycles. The van der Waals surface area contributed by atoms with Crippen LogP contribution in [0.2, 0.25) is 0 Å². The third-order valence-electron chi connectivity index (χ3n) is 5.45. The molecule has 5 heteroatoms. The number of nitrogens with zero attached hydrogens (tertiary/aromatic N) is 2. The maximum atomic E-state index is 13.1. The van der Waals surface area contributed by atoms with Gasteiger partial charge in [0.15, 0.2) is 0 Å². The molecule has 1 unspecified atom stereocenters. The highest BCUT2D eigenvalue weighted by atomic mass is 16.5. The van der Waals surface area contributed by atoms with Gasteiger partial charge in [0.05, 0.1) is 30.3 Å². The summed E-state index contributed by atoms with van der Waals surface area (Å²) in [4.78, 5) is 19.9. The first kappa shape index (κ1) is 19.4. The van der Waals surface area contributed by atoms with Crippen molar-refractivity contribution in [2.45, 2.75) is 26.8 Å². The van der Waals surface area contributed by atoms with Crippen molar-refractivity contribution >= 4 is 22.5 Å². The molecule has 0 aliphatic carbocycles. The number of benzene rings is 2. The summed E-state index contributed by atoms with van der Waals surface area (Å²) in [7, 11) is 0. The van der Waals surface area contributed by atoms with Crippen LogP contribution in [-0.4, -0.2) is 37.2 Å². The summed E-state index contributed by atoms with van der Waals surface area (Å²) in [5.74, 6) is -0.0733. The van der Waals surface area contributed by atoms with E-state index in [1.54, 1.807) is 0 Å². The van der Waals surface area contributed by atoms with Crippen molar-refractivity contribution in [3.05, 3.63) is 70.9 Å². The van der Waals surface area contributed by atoms with Crippen molar-refractivity contribution in [3.63, 3.8) is 0 Å². The fraction of sp³-hybridized carbons (Fsp3) is 0.333. The number of rotatable bonds is 4. The van der Waals surface area contributed by atoms with Gasteiger partial charge in [-0.25, -0.2) is 0 Å². The molecule has 1 aliphatic rings. The Hall–Kier alpha value is -2.92. The van der Waals surface area contributed by atoms with E-state index in [1.807, 2.05) is 45.0 Å². The van der Waals surface area contributed by atoms with Crippen LogP contribution >= 0.6 is 0 Å². The van der Waals surface area contributed by atoms with E-state index in [9.17, 15) is 4.79 Å². The topological polar surface area (TPSA) is 54.5 Å². The summed E-state index contributed by atoms with van der Waals surface area (Å²) in [5.41, 5.74) is 5.76. The molecule has 1 aromatic heterocycles. The second-order valence-corrected chi connectivity index (χ2v) is 7.72. The number of aryl methyl sites for hydroxylation is 2. The third kappa shape index (κ3) is 4.25. The normalized spacial score (nSPS) is 15.3. The Morgan fingerprint density at radius 3 is 2.52 bits per heavy atom. The van der Waals surface area contributed by atoms with Gasteiger partial charge in [0.2, 0.25) is 0 Å². The Morgan fingerprint density at radius 2 is 1.79 bits per heavy atom. The number of hydrogen-bond donors (Lipinski definition) is 1. The number of hydrogen-bond acceptors (Lipinski definition) is 4. The second kappa shape index (κ2) is 8.21.